The zero-order chi connectivity index (χ0) is 14.3. The van der Waals surface area contributed by atoms with Gasteiger partial charge in [0.15, 0.2) is 0 Å². The first-order valence-corrected chi connectivity index (χ1v) is 6.03. The summed E-state index contributed by atoms with van der Waals surface area (Å²) in [4.78, 5) is 33.3. The number of rotatable bonds is 9. The average Bonchev–Trinajstić information content (AvgIpc) is 3.10. The Labute approximate surface area is 110 Å². The molecule has 1 aliphatic carbocycles. The van der Waals surface area contributed by atoms with E-state index in [1.165, 1.54) is 12.8 Å². The lowest BCUT2D eigenvalue weighted by atomic mass is 10.4. The third-order valence-electron chi connectivity index (χ3n) is 2.51. The Balaban J connectivity index is 2.20. The van der Waals surface area contributed by atoms with Crippen LogP contribution in [-0.4, -0.2) is 65.9 Å². The summed E-state index contributed by atoms with van der Waals surface area (Å²) in [7, 11) is 0. The van der Waals surface area contributed by atoms with Gasteiger partial charge in [0.05, 0.1) is 6.61 Å². The highest BCUT2D eigenvalue weighted by Gasteiger charge is 2.21. The molecule has 0 radical (unpaired) electrons. The number of ether oxygens (including phenoxy) is 1. The molecule has 0 unspecified atom stereocenters. The zero-order valence-electron chi connectivity index (χ0n) is 10.5. The van der Waals surface area contributed by atoms with E-state index in [4.69, 9.17) is 14.9 Å². The third-order valence-corrected chi connectivity index (χ3v) is 2.51. The number of aliphatic carboxylic acids is 2. The Morgan fingerprint density at radius 3 is 2.21 bits per heavy atom. The number of carboxylic acid groups (broad SMARTS) is 2. The van der Waals surface area contributed by atoms with Crippen molar-refractivity contribution in [1.82, 2.24) is 10.2 Å². The lowest BCUT2D eigenvalue weighted by molar-refractivity contribution is -0.140. The zero-order valence-corrected chi connectivity index (χ0v) is 10.5. The number of nitrogens with one attached hydrogen (secondary N) is 1. The molecule has 8 nitrogen and oxygen atoms in total. The van der Waals surface area contributed by atoms with Crippen molar-refractivity contribution in [2.45, 2.75) is 12.8 Å². The van der Waals surface area contributed by atoms with E-state index >= 15 is 0 Å². The monoisotopic (exact) mass is 274 g/mol. The topological polar surface area (TPSA) is 116 Å². The number of hydrogen-bond acceptors (Lipinski definition) is 4. The van der Waals surface area contributed by atoms with Gasteiger partial charge in [0.25, 0.3) is 0 Å². The Morgan fingerprint density at radius 2 is 1.74 bits per heavy atom. The summed E-state index contributed by atoms with van der Waals surface area (Å²) in [5, 5.41) is 19.6. The average molecular weight is 274 g/mol. The maximum Gasteiger partial charge on any atom is 0.323 e. The van der Waals surface area contributed by atoms with Crippen LogP contribution in [0.1, 0.15) is 12.8 Å². The van der Waals surface area contributed by atoms with E-state index in [1.807, 2.05) is 0 Å². The summed E-state index contributed by atoms with van der Waals surface area (Å²) in [5.74, 6) is -1.89. The van der Waals surface area contributed by atoms with Crippen LogP contribution in [0.4, 0.5) is 4.79 Å². The van der Waals surface area contributed by atoms with E-state index in [2.05, 4.69) is 5.32 Å². The van der Waals surface area contributed by atoms with Gasteiger partial charge in [-0.2, -0.15) is 0 Å². The molecule has 0 atom stereocenters. The standard InChI is InChI=1S/C11H18N2O6/c14-9(15)5-13(6-10(16)17)11(18)12-3-4-19-7-8-1-2-8/h8H,1-7H2,(H,12,18)(H,14,15)(H,16,17). The van der Waals surface area contributed by atoms with Gasteiger partial charge in [0.1, 0.15) is 13.1 Å². The fourth-order valence-electron chi connectivity index (χ4n) is 1.40. The summed E-state index contributed by atoms with van der Waals surface area (Å²) in [6.07, 6.45) is 2.36. The minimum atomic E-state index is -1.26. The molecular formula is C11H18N2O6. The predicted octanol–water partition coefficient (Wildman–Crippen LogP) is -0.406. The summed E-state index contributed by atoms with van der Waals surface area (Å²) in [5.41, 5.74) is 0. The van der Waals surface area contributed by atoms with Crippen molar-refractivity contribution >= 4 is 18.0 Å². The molecule has 0 heterocycles. The largest absolute Gasteiger partial charge is 0.480 e. The van der Waals surface area contributed by atoms with E-state index in [9.17, 15) is 14.4 Å². The van der Waals surface area contributed by atoms with E-state index in [0.29, 0.717) is 24.0 Å². The van der Waals surface area contributed by atoms with Gasteiger partial charge < -0.3 is 25.2 Å². The molecule has 108 valence electrons. The molecule has 19 heavy (non-hydrogen) atoms. The van der Waals surface area contributed by atoms with Gasteiger partial charge in [0.2, 0.25) is 0 Å². The van der Waals surface area contributed by atoms with Gasteiger partial charge in [-0.05, 0) is 18.8 Å². The third kappa shape index (κ3) is 7.24. The van der Waals surface area contributed by atoms with Crippen LogP contribution in [0.25, 0.3) is 0 Å². The van der Waals surface area contributed by atoms with Gasteiger partial charge in [-0.15, -0.1) is 0 Å². The molecule has 1 fully saturated rings. The molecule has 0 aromatic carbocycles. The smallest absolute Gasteiger partial charge is 0.323 e. The van der Waals surface area contributed by atoms with E-state index in [-0.39, 0.29) is 6.54 Å². The minimum Gasteiger partial charge on any atom is -0.480 e. The van der Waals surface area contributed by atoms with Crippen LogP contribution in [0.2, 0.25) is 0 Å². The number of carbonyl (C=O) groups is 3. The molecule has 8 heteroatoms. The van der Waals surface area contributed by atoms with Crippen LogP contribution in [-0.2, 0) is 14.3 Å². The van der Waals surface area contributed by atoms with Crippen LogP contribution in [0.15, 0.2) is 0 Å². The molecule has 0 saturated heterocycles. The fraction of sp³-hybridized carbons (Fsp3) is 0.727. The molecule has 0 spiro atoms. The highest BCUT2D eigenvalue weighted by atomic mass is 16.5. The van der Waals surface area contributed by atoms with Crippen molar-refractivity contribution < 1.29 is 29.3 Å². The second kappa shape index (κ2) is 7.57. The molecule has 0 bridgehead atoms. The molecule has 1 saturated carbocycles. The first kappa shape index (κ1) is 15.2. The van der Waals surface area contributed by atoms with Crippen molar-refractivity contribution in [3.05, 3.63) is 0 Å². The highest BCUT2D eigenvalue weighted by molar-refractivity contribution is 5.84. The lowest BCUT2D eigenvalue weighted by Gasteiger charge is -2.18. The molecular weight excluding hydrogens is 256 g/mol. The van der Waals surface area contributed by atoms with Crippen molar-refractivity contribution in [3.8, 4) is 0 Å². The number of carbonyl (C=O) groups excluding carboxylic acids is 1. The van der Waals surface area contributed by atoms with Gasteiger partial charge in [-0.25, -0.2) is 4.79 Å². The van der Waals surface area contributed by atoms with Crippen LogP contribution in [0, 0.1) is 5.92 Å². The van der Waals surface area contributed by atoms with Gasteiger partial charge in [0, 0.05) is 13.2 Å². The van der Waals surface area contributed by atoms with Crippen LogP contribution in [0.3, 0.4) is 0 Å². The Hall–Kier alpha value is -1.83. The summed E-state index contributed by atoms with van der Waals surface area (Å²) >= 11 is 0. The molecule has 0 aliphatic heterocycles. The van der Waals surface area contributed by atoms with Crippen LogP contribution >= 0.6 is 0 Å². The first-order chi connectivity index (χ1) is 8.99. The van der Waals surface area contributed by atoms with Gasteiger partial charge >= 0.3 is 18.0 Å². The number of amides is 2. The second-order valence-corrected chi connectivity index (χ2v) is 4.39. The summed E-state index contributed by atoms with van der Waals surface area (Å²) in [6.45, 7) is -0.0799. The van der Waals surface area contributed by atoms with Crippen molar-refractivity contribution in [2.24, 2.45) is 5.92 Å². The van der Waals surface area contributed by atoms with Crippen LogP contribution < -0.4 is 5.32 Å². The van der Waals surface area contributed by atoms with E-state index < -0.39 is 31.1 Å². The van der Waals surface area contributed by atoms with Crippen molar-refractivity contribution in [1.29, 1.82) is 0 Å². The predicted molar refractivity (Wildman–Crippen MR) is 63.8 cm³/mol. The maximum atomic E-state index is 11.6. The number of nitrogens with zero attached hydrogens (tertiary/aromatic N) is 1. The van der Waals surface area contributed by atoms with Crippen molar-refractivity contribution in [2.75, 3.05) is 32.8 Å². The molecule has 2 amide bonds. The molecule has 1 rings (SSSR count). The van der Waals surface area contributed by atoms with Crippen LogP contribution in [0.5, 0.6) is 0 Å². The Morgan fingerprint density at radius 1 is 1.16 bits per heavy atom. The number of carboxylic acids is 2. The van der Waals surface area contributed by atoms with E-state index in [0.717, 1.165) is 0 Å². The van der Waals surface area contributed by atoms with Gasteiger partial charge in [-0.1, -0.05) is 0 Å². The fourth-order valence-corrected chi connectivity index (χ4v) is 1.40. The minimum absolute atomic E-state index is 0.224. The van der Waals surface area contributed by atoms with Crippen molar-refractivity contribution in [3.63, 3.8) is 0 Å². The lowest BCUT2D eigenvalue weighted by Crippen LogP contribution is -2.46. The Bertz CT molecular complexity index is 326. The Kier molecular flexibility index (Phi) is 6.07. The molecule has 0 aromatic heterocycles. The molecule has 0 aromatic rings. The van der Waals surface area contributed by atoms with E-state index in [1.54, 1.807) is 0 Å². The quantitative estimate of drug-likeness (QED) is 0.492. The molecule has 3 N–H and O–H groups in total. The number of hydrogen-bond donors (Lipinski definition) is 3. The second-order valence-electron chi connectivity index (χ2n) is 4.39. The van der Waals surface area contributed by atoms with Gasteiger partial charge in [-0.3, -0.25) is 9.59 Å². The molecule has 1 aliphatic rings. The summed E-state index contributed by atoms with van der Waals surface area (Å²) < 4.78 is 5.28. The first-order valence-electron chi connectivity index (χ1n) is 6.03. The summed E-state index contributed by atoms with van der Waals surface area (Å²) in [6, 6.07) is -0.722. The SMILES string of the molecule is O=C(O)CN(CC(=O)O)C(=O)NCCOCC1CC1. The number of urea groups is 1. The highest BCUT2D eigenvalue weighted by Crippen LogP contribution is 2.28. The maximum absolute atomic E-state index is 11.6. The normalized spacial score (nSPS) is 13.9.